The highest BCUT2D eigenvalue weighted by Gasteiger charge is 2.18. The van der Waals surface area contributed by atoms with Crippen LogP contribution in [-0.2, 0) is 19.0 Å². The fourth-order valence-corrected chi connectivity index (χ4v) is 0.692. The Labute approximate surface area is 72.8 Å². The van der Waals surface area contributed by atoms with Gasteiger partial charge in [0.25, 0.3) is 0 Å². The van der Waals surface area contributed by atoms with Crippen molar-refractivity contribution < 1.29 is 19.0 Å². The first-order valence-corrected chi connectivity index (χ1v) is 4.03. The lowest BCUT2D eigenvalue weighted by molar-refractivity contribution is -0.158. The average molecular weight is 176 g/mol. The van der Waals surface area contributed by atoms with Gasteiger partial charge in [-0.05, 0) is 13.8 Å². The first-order valence-electron chi connectivity index (χ1n) is 4.03. The number of rotatable bonds is 6. The molecule has 0 saturated carbocycles. The van der Waals surface area contributed by atoms with Gasteiger partial charge in [0.1, 0.15) is 0 Å². The number of hydrogen-bond acceptors (Lipinski definition) is 4. The van der Waals surface area contributed by atoms with Gasteiger partial charge in [0.2, 0.25) is 0 Å². The Morgan fingerprint density at radius 2 is 2.00 bits per heavy atom. The molecule has 0 aromatic rings. The van der Waals surface area contributed by atoms with Crippen LogP contribution in [0.5, 0.6) is 0 Å². The van der Waals surface area contributed by atoms with Crippen LogP contribution in [0.15, 0.2) is 0 Å². The molecule has 0 heterocycles. The van der Waals surface area contributed by atoms with E-state index in [-0.39, 0.29) is 12.6 Å². The van der Waals surface area contributed by atoms with E-state index in [0.29, 0.717) is 13.2 Å². The molecule has 0 bridgehead atoms. The third-order valence-electron chi connectivity index (χ3n) is 1.31. The van der Waals surface area contributed by atoms with Crippen LogP contribution in [0.25, 0.3) is 0 Å². The van der Waals surface area contributed by atoms with E-state index < -0.39 is 6.10 Å². The van der Waals surface area contributed by atoms with Crippen molar-refractivity contribution in [2.75, 3.05) is 26.9 Å². The number of carbonyl (C=O) groups excluding carboxylic acids is 1. The Balaban J connectivity index is 3.71. The predicted molar refractivity (Wildman–Crippen MR) is 43.9 cm³/mol. The number of esters is 1. The van der Waals surface area contributed by atoms with Gasteiger partial charge in [0.05, 0.1) is 13.2 Å². The summed E-state index contributed by atoms with van der Waals surface area (Å²) in [6.45, 7) is 4.80. The lowest BCUT2D eigenvalue weighted by atomic mass is 10.4. The van der Waals surface area contributed by atoms with E-state index in [0.717, 1.165) is 0 Å². The molecule has 0 saturated heterocycles. The molecule has 1 unspecified atom stereocenters. The van der Waals surface area contributed by atoms with E-state index in [2.05, 4.69) is 0 Å². The summed E-state index contributed by atoms with van der Waals surface area (Å²) in [5, 5.41) is 0. The molecule has 0 rings (SSSR count). The lowest BCUT2D eigenvalue weighted by Gasteiger charge is -2.12. The minimum Gasteiger partial charge on any atom is -0.464 e. The number of ether oxygens (including phenoxy) is 3. The Morgan fingerprint density at radius 3 is 2.42 bits per heavy atom. The maximum atomic E-state index is 11.1. The Morgan fingerprint density at radius 1 is 1.33 bits per heavy atom. The van der Waals surface area contributed by atoms with Gasteiger partial charge < -0.3 is 14.2 Å². The minimum atomic E-state index is -0.593. The highest BCUT2D eigenvalue weighted by atomic mass is 16.6. The maximum absolute atomic E-state index is 11.1. The largest absolute Gasteiger partial charge is 0.464 e. The molecule has 4 nitrogen and oxygen atoms in total. The van der Waals surface area contributed by atoms with Crippen LogP contribution in [-0.4, -0.2) is 39.0 Å². The van der Waals surface area contributed by atoms with Crippen molar-refractivity contribution in [1.82, 2.24) is 0 Å². The third-order valence-corrected chi connectivity index (χ3v) is 1.31. The highest BCUT2D eigenvalue weighted by Crippen LogP contribution is 1.95. The molecule has 0 spiro atoms. The number of hydrogen-bond donors (Lipinski definition) is 0. The van der Waals surface area contributed by atoms with Crippen molar-refractivity contribution in [3.8, 4) is 0 Å². The number of methoxy groups -OCH3 is 1. The zero-order valence-corrected chi connectivity index (χ0v) is 7.83. The standard InChI is InChI=1S/C8H16O4/c1-4-11-6-7(10-3)8(9)12-5-2/h7H,4-6H2,1-3H3. The van der Waals surface area contributed by atoms with Gasteiger partial charge in [-0.15, -0.1) is 0 Å². The van der Waals surface area contributed by atoms with E-state index in [1.165, 1.54) is 7.11 Å². The molecule has 0 radical (unpaired) electrons. The monoisotopic (exact) mass is 176 g/mol. The molecule has 12 heavy (non-hydrogen) atoms. The summed E-state index contributed by atoms with van der Waals surface area (Å²) in [6.07, 6.45) is -0.593. The Bertz CT molecular complexity index is 124. The van der Waals surface area contributed by atoms with Crippen molar-refractivity contribution in [2.45, 2.75) is 20.0 Å². The van der Waals surface area contributed by atoms with Gasteiger partial charge in [-0.25, -0.2) is 4.79 Å². The van der Waals surface area contributed by atoms with Crippen molar-refractivity contribution in [2.24, 2.45) is 0 Å². The lowest BCUT2D eigenvalue weighted by Crippen LogP contribution is -2.30. The van der Waals surface area contributed by atoms with Crippen molar-refractivity contribution >= 4 is 5.97 Å². The first-order chi connectivity index (χ1) is 5.76. The van der Waals surface area contributed by atoms with Gasteiger partial charge in [-0.1, -0.05) is 0 Å². The van der Waals surface area contributed by atoms with Crippen molar-refractivity contribution in [3.05, 3.63) is 0 Å². The first kappa shape index (κ1) is 11.4. The molecule has 4 heteroatoms. The molecule has 0 amide bonds. The van der Waals surface area contributed by atoms with Crippen LogP contribution in [0, 0.1) is 0 Å². The predicted octanol–water partition coefficient (Wildman–Crippen LogP) is 0.601. The zero-order valence-electron chi connectivity index (χ0n) is 7.83. The average Bonchev–Trinajstić information content (AvgIpc) is 2.06. The van der Waals surface area contributed by atoms with E-state index in [9.17, 15) is 4.79 Å². The van der Waals surface area contributed by atoms with Crippen molar-refractivity contribution in [1.29, 1.82) is 0 Å². The second kappa shape index (κ2) is 7.06. The molecule has 0 aromatic carbocycles. The Kier molecular flexibility index (Phi) is 6.70. The summed E-state index contributed by atoms with van der Waals surface area (Å²) in [6, 6.07) is 0. The molecule has 72 valence electrons. The molecular formula is C8H16O4. The van der Waals surface area contributed by atoms with Gasteiger partial charge in [0.15, 0.2) is 6.10 Å². The smallest absolute Gasteiger partial charge is 0.337 e. The van der Waals surface area contributed by atoms with Crippen LogP contribution >= 0.6 is 0 Å². The Hall–Kier alpha value is -0.610. The molecule has 0 fully saturated rings. The quantitative estimate of drug-likeness (QED) is 0.556. The summed E-state index contributed by atoms with van der Waals surface area (Å²) in [5.74, 6) is -0.367. The minimum absolute atomic E-state index is 0.256. The summed E-state index contributed by atoms with van der Waals surface area (Å²) in [5.41, 5.74) is 0. The van der Waals surface area contributed by atoms with Crippen LogP contribution in [0.4, 0.5) is 0 Å². The number of carbonyl (C=O) groups is 1. The summed E-state index contributed by atoms with van der Waals surface area (Å²) < 4.78 is 14.6. The molecule has 0 aliphatic rings. The van der Waals surface area contributed by atoms with Gasteiger partial charge in [-0.2, -0.15) is 0 Å². The summed E-state index contributed by atoms with van der Waals surface area (Å²) in [7, 11) is 1.46. The van der Waals surface area contributed by atoms with Gasteiger partial charge in [-0.3, -0.25) is 0 Å². The van der Waals surface area contributed by atoms with Gasteiger partial charge >= 0.3 is 5.97 Å². The van der Waals surface area contributed by atoms with E-state index >= 15 is 0 Å². The molecule has 1 atom stereocenters. The van der Waals surface area contributed by atoms with Crippen LogP contribution in [0.3, 0.4) is 0 Å². The molecule has 0 aliphatic carbocycles. The second-order valence-corrected chi connectivity index (χ2v) is 2.14. The van der Waals surface area contributed by atoms with Crippen LogP contribution < -0.4 is 0 Å². The fraction of sp³-hybridized carbons (Fsp3) is 0.875. The molecular weight excluding hydrogens is 160 g/mol. The fourth-order valence-electron chi connectivity index (χ4n) is 0.692. The highest BCUT2D eigenvalue weighted by molar-refractivity contribution is 5.74. The second-order valence-electron chi connectivity index (χ2n) is 2.14. The van der Waals surface area contributed by atoms with Crippen molar-refractivity contribution in [3.63, 3.8) is 0 Å². The normalized spacial score (nSPS) is 12.6. The van der Waals surface area contributed by atoms with Crippen LogP contribution in [0.2, 0.25) is 0 Å². The topological polar surface area (TPSA) is 44.8 Å². The summed E-state index contributed by atoms with van der Waals surface area (Å²) >= 11 is 0. The SMILES string of the molecule is CCOCC(OC)C(=O)OCC. The molecule has 0 aromatic heterocycles. The molecule has 0 aliphatic heterocycles. The van der Waals surface area contributed by atoms with E-state index in [4.69, 9.17) is 14.2 Å². The summed E-state index contributed by atoms with van der Waals surface area (Å²) in [4.78, 5) is 11.1. The van der Waals surface area contributed by atoms with E-state index in [1.807, 2.05) is 6.92 Å². The maximum Gasteiger partial charge on any atom is 0.337 e. The molecule has 0 N–H and O–H groups in total. The van der Waals surface area contributed by atoms with Crippen LogP contribution in [0.1, 0.15) is 13.8 Å². The van der Waals surface area contributed by atoms with Gasteiger partial charge in [0, 0.05) is 13.7 Å². The van der Waals surface area contributed by atoms with E-state index in [1.54, 1.807) is 6.92 Å². The third kappa shape index (κ3) is 4.31. The zero-order chi connectivity index (χ0) is 9.40.